The Balaban J connectivity index is 7.84. The topological polar surface area (TPSA) is 359 Å². The SMILES string of the molecule is CC(CO)(CO)NC(=O)C(C)(C)N=NC(C)(C[N+](=NC(C)(C)C(=O)NC(CO)(CO)CO)C(C)(C)C(=O)NC(CO)(CO)CO)C(=O)NC(C)(CO)CO. The molecule has 0 aromatic rings. The molecule has 0 aromatic heterocycles. The molecule has 0 aliphatic heterocycles. The molecule has 14 N–H and O–H groups in total. The molecule has 1 unspecified atom stereocenters. The Hall–Kier alpha value is -3.32. The molecular weight excluding hydrogens is 720 g/mol. The molecule has 0 aliphatic rings. The van der Waals surface area contributed by atoms with E-state index in [-0.39, 0.29) is 0 Å². The fraction of sp³-hybridized carbons (Fsp3) is 0.875. The summed E-state index contributed by atoms with van der Waals surface area (Å²) in [6.45, 7) is 2.41. The van der Waals surface area contributed by atoms with Gasteiger partial charge in [0.1, 0.15) is 11.1 Å². The molecule has 0 fully saturated rings. The predicted octanol–water partition coefficient (Wildman–Crippen LogP) is -5.62. The van der Waals surface area contributed by atoms with Crippen molar-refractivity contribution in [3.8, 4) is 0 Å². The maximum absolute atomic E-state index is 14.1. The van der Waals surface area contributed by atoms with Crippen molar-refractivity contribution < 1.29 is 74.9 Å². The van der Waals surface area contributed by atoms with Crippen LogP contribution in [0.25, 0.3) is 0 Å². The Morgan fingerprint density at radius 2 is 0.778 bits per heavy atom. The van der Waals surface area contributed by atoms with E-state index < -0.39 is 141 Å². The van der Waals surface area contributed by atoms with Gasteiger partial charge in [-0.05, 0) is 53.6 Å². The third kappa shape index (κ3) is 12.6. The molecule has 0 heterocycles. The number of amides is 4. The zero-order valence-electron chi connectivity index (χ0n) is 32.7. The van der Waals surface area contributed by atoms with Gasteiger partial charge in [-0.3, -0.25) is 19.2 Å². The van der Waals surface area contributed by atoms with E-state index in [1.54, 1.807) is 0 Å². The first-order chi connectivity index (χ1) is 24.6. The van der Waals surface area contributed by atoms with Crippen molar-refractivity contribution in [1.29, 1.82) is 0 Å². The highest BCUT2D eigenvalue weighted by atomic mass is 16.3. The zero-order valence-corrected chi connectivity index (χ0v) is 32.7. The van der Waals surface area contributed by atoms with E-state index in [4.69, 9.17) is 0 Å². The molecule has 0 saturated carbocycles. The number of azo groups is 3. The highest BCUT2D eigenvalue weighted by molar-refractivity contribution is 5.89. The van der Waals surface area contributed by atoms with E-state index in [1.165, 1.54) is 62.3 Å². The van der Waals surface area contributed by atoms with Crippen LogP contribution in [0.5, 0.6) is 0 Å². The van der Waals surface area contributed by atoms with Crippen molar-refractivity contribution in [2.24, 2.45) is 15.3 Å². The van der Waals surface area contributed by atoms with E-state index >= 15 is 0 Å². The second-order valence-electron chi connectivity index (χ2n) is 15.9. The number of aliphatic hydroxyl groups is 10. The van der Waals surface area contributed by atoms with Crippen molar-refractivity contribution in [2.75, 3.05) is 72.6 Å². The lowest BCUT2D eigenvalue weighted by atomic mass is 9.94. The molecule has 4 amide bonds. The number of aliphatic hydroxyl groups excluding tert-OH is 10. The van der Waals surface area contributed by atoms with E-state index in [2.05, 4.69) is 36.6 Å². The summed E-state index contributed by atoms with van der Waals surface area (Å²) in [6.07, 6.45) is 0. The first-order valence-electron chi connectivity index (χ1n) is 17.0. The van der Waals surface area contributed by atoms with Crippen molar-refractivity contribution in [1.82, 2.24) is 21.3 Å². The molecule has 1 atom stereocenters. The van der Waals surface area contributed by atoms with E-state index in [9.17, 15) is 70.2 Å². The lowest BCUT2D eigenvalue weighted by Gasteiger charge is -2.35. The summed E-state index contributed by atoms with van der Waals surface area (Å²) in [4.78, 5) is 54.9. The third-order valence-corrected chi connectivity index (χ3v) is 8.95. The van der Waals surface area contributed by atoms with Crippen LogP contribution < -0.4 is 21.3 Å². The molecule has 0 rings (SSSR count). The van der Waals surface area contributed by atoms with Gasteiger partial charge in [-0.15, -0.1) is 4.70 Å². The average Bonchev–Trinajstić information content (AvgIpc) is 3.14. The van der Waals surface area contributed by atoms with Crippen LogP contribution in [0.3, 0.4) is 0 Å². The number of hydrogen-bond donors (Lipinski definition) is 14. The monoisotopic (exact) mass is 783 g/mol. The molecule has 54 heavy (non-hydrogen) atoms. The van der Waals surface area contributed by atoms with Crippen LogP contribution in [-0.2, 0) is 19.2 Å². The smallest absolute Gasteiger partial charge is 0.294 e. The quantitative estimate of drug-likeness (QED) is 0.0321. The molecule has 0 bridgehead atoms. The maximum Gasteiger partial charge on any atom is 0.294 e. The normalized spacial score (nSPS) is 15.1. The van der Waals surface area contributed by atoms with Gasteiger partial charge >= 0.3 is 0 Å². The summed E-state index contributed by atoms with van der Waals surface area (Å²) in [6, 6.07) is 0. The van der Waals surface area contributed by atoms with Gasteiger partial charge in [0.25, 0.3) is 23.3 Å². The highest BCUT2D eigenvalue weighted by Gasteiger charge is 2.53. The van der Waals surface area contributed by atoms with Crippen LogP contribution >= 0.6 is 0 Å². The third-order valence-electron chi connectivity index (χ3n) is 8.95. The van der Waals surface area contributed by atoms with Gasteiger partial charge in [0.05, 0.1) is 77.1 Å². The van der Waals surface area contributed by atoms with Crippen LogP contribution in [0.15, 0.2) is 15.3 Å². The Labute approximate surface area is 314 Å². The molecule has 314 valence electrons. The standard InChI is InChI=1S/C32H62N8O14/c1-25(2,21(51)33-28(7,11-41)12-42)37-38-30(9,24(54)34-29(8,13-43)14-44)10-40(27(5,6)23(53)36-32(18-48,19-49)20-50)39-26(3,4)22(52)35-31(15-45,16-46)17-47/h41-50H,10-20H2,1-9H3,(H3-,33,34,35,36,51,52,53,54)/p+1. The van der Waals surface area contributed by atoms with Gasteiger partial charge in [0, 0.05) is 13.8 Å². The fourth-order valence-corrected chi connectivity index (χ4v) is 3.96. The Bertz CT molecular complexity index is 1320. The Kier molecular flexibility index (Phi) is 18.3. The lowest BCUT2D eigenvalue weighted by Crippen LogP contribution is -2.65. The number of carbonyl (C=O) groups is 4. The van der Waals surface area contributed by atoms with Crippen molar-refractivity contribution in [3.05, 3.63) is 0 Å². The van der Waals surface area contributed by atoms with Crippen molar-refractivity contribution in [2.45, 2.75) is 107 Å². The summed E-state index contributed by atoms with van der Waals surface area (Å²) in [5, 5.41) is 121. The molecule has 0 saturated heterocycles. The fourth-order valence-electron chi connectivity index (χ4n) is 3.96. The first-order valence-corrected chi connectivity index (χ1v) is 17.0. The summed E-state index contributed by atoms with van der Waals surface area (Å²) < 4.78 is 0.923. The summed E-state index contributed by atoms with van der Waals surface area (Å²) in [5.41, 5.74) is -15.0. The molecule has 0 radical (unpaired) electrons. The van der Waals surface area contributed by atoms with Gasteiger partial charge in [-0.1, -0.05) is 0 Å². The minimum absolute atomic E-state index is 0.652. The zero-order chi connectivity index (χ0) is 42.6. The van der Waals surface area contributed by atoms with Gasteiger partial charge in [0.15, 0.2) is 11.1 Å². The second-order valence-corrected chi connectivity index (χ2v) is 15.9. The van der Waals surface area contributed by atoms with Crippen LogP contribution in [0.2, 0.25) is 0 Å². The van der Waals surface area contributed by atoms with E-state index in [0.717, 1.165) is 4.70 Å². The van der Waals surface area contributed by atoms with E-state index in [0.29, 0.717) is 0 Å². The minimum atomic E-state index is -2.24. The molecule has 0 aromatic carbocycles. The summed E-state index contributed by atoms with van der Waals surface area (Å²) in [7, 11) is 0. The maximum atomic E-state index is 14.1. The van der Waals surface area contributed by atoms with Gasteiger partial charge in [0.2, 0.25) is 18.0 Å². The van der Waals surface area contributed by atoms with Crippen molar-refractivity contribution >= 4 is 23.6 Å². The number of nitrogens with one attached hydrogen (secondary N) is 4. The number of carbonyl (C=O) groups excluding carboxylic acids is 4. The second kappa shape index (κ2) is 19.5. The number of rotatable bonds is 24. The largest absolute Gasteiger partial charge is 0.394 e. The highest BCUT2D eigenvalue weighted by Crippen LogP contribution is 2.26. The predicted molar refractivity (Wildman–Crippen MR) is 189 cm³/mol. The van der Waals surface area contributed by atoms with E-state index in [1.807, 2.05) is 0 Å². The summed E-state index contributed by atoms with van der Waals surface area (Å²) in [5.74, 6) is -3.90. The Morgan fingerprint density at radius 3 is 1.13 bits per heavy atom. The Morgan fingerprint density at radius 1 is 0.444 bits per heavy atom. The van der Waals surface area contributed by atoms with Gasteiger partial charge in [-0.2, -0.15) is 10.2 Å². The van der Waals surface area contributed by atoms with Gasteiger partial charge < -0.3 is 72.3 Å². The van der Waals surface area contributed by atoms with Crippen molar-refractivity contribution in [3.63, 3.8) is 0 Å². The van der Waals surface area contributed by atoms with Crippen LogP contribution in [0.4, 0.5) is 0 Å². The first kappa shape index (κ1) is 50.7. The molecule has 22 nitrogen and oxygen atoms in total. The van der Waals surface area contributed by atoms with Crippen LogP contribution in [0.1, 0.15) is 62.3 Å². The summed E-state index contributed by atoms with van der Waals surface area (Å²) >= 11 is 0. The minimum Gasteiger partial charge on any atom is -0.394 e. The lowest BCUT2D eigenvalue weighted by molar-refractivity contribution is -0.653. The number of hydrogen-bond acceptors (Lipinski definition) is 17. The van der Waals surface area contributed by atoms with Crippen LogP contribution in [0, 0.1) is 0 Å². The van der Waals surface area contributed by atoms with Gasteiger partial charge in [-0.25, -0.2) is 0 Å². The molecule has 0 aliphatic carbocycles. The molecule has 22 heteroatoms. The molecule has 0 spiro atoms. The van der Waals surface area contributed by atoms with Crippen LogP contribution in [-0.4, -0.2) is 196 Å². The number of nitrogens with zero attached hydrogens (tertiary/aromatic N) is 4. The average molecular weight is 784 g/mol. The molecular formula is C32H63N8O14+.